The molecule has 1 aliphatic heterocycles. The van der Waals surface area contributed by atoms with Crippen molar-refractivity contribution in [2.45, 2.75) is 44.4 Å². The lowest BCUT2D eigenvalue weighted by molar-refractivity contribution is -0.111. The van der Waals surface area contributed by atoms with E-state index < -0.39 is 10.0 Å². The van der Waals surface area contributed by atoms with E-state index in [9.17, 15) is 13.2 Å². The van der Waals surface area contributed by atoms with Crippen molar-refractivity contribution in [2.75, 3.05) is 11.9 Å². The lowest BCUT2D eigenvalue weighted by atomic mass is 10.1. The van der Waals surface area contributed by atoms with Gasteiger partial charge < -0.3 is 5.32 Å². The molecular formula is C23H27N3O3S. The van der Waals surface area contributed by atoms with E-state index in [4.69, 9.17) is 0 Å². The topological polar surface area (TPSA) is 87.6 Å². The van der Waals surface area contributed by atoms with E-state index in [2.05, 4.69) is 21.1 Å². The number of carbonyl (C=O) groups excluding carboxylic acids is 1. The number of nitrogens with one attached hydrogen (secondary N) is 2. The highest BCUT2D eigenvalue weighted by Gasteiger charge is 2.17. The predicted octanol–water partition coefficient (Wildman–Crippen LogP) is 4.21. The van der Waals surface area contributed by atoms with Gasteiger partial charge >= 0.3 is 0 Å². The average Bonchev–Trinajstić information content (AvgIpc) is 2.96. The zero-order chi connectivity index (χ0) is 21.6. The summed E-state index contributed by atoms with van der Waals surface area (Å²) in [5, 5.41) is 2.72. The van der Waals surface area contributed by atoms with E-state index in [1.165, 1.54) is 18.2 Å². The normalized spacial score (nSPS) is 14.8. The maximum Gasteiger partial charge on any atom is 0.262 e. The number of hydrogen-bond donors (Lipinski definition) is 2. The van der Waals surface area contributed by atoms with Crippen LogP contribution in [0.15, 0.2) is 58.4 Å². The minimum atomic E-state index is -3.75. The molecule has 2 aromatic carbocycles. The standard InChI is InChI=1S/C23H27N3O3S/c1-17-10-11-19(18(2)15-17)12-13-23(27)25-20-7-6-8-21(16-20)30(28,29)26-22-9-4-3-5-14-24-22/h6-8,10-13,15-16H,3-5,9,14H2,1-2H3,(H,24,26)(H,25,27)/b13-12+. The molecule has 0 spiro atoms. The van der Waals surface area contributed by atoms with Crippen molar-refractivity contribution < 1.29 is 13.2 Å². The summed E-state index contributed by atoms with van der Waals surface area (Å²) < 4.78 is 28.0. The molecule has 2 aromatic rings. The Bertz CT molecular complexity index is 1090. The molecule has 7 heteroatoms. The van der Waals surface area contributed by atoms with Gasteiger partial charge in [-0.25, -0.2) is 8.42 Å². The lowest BCUT2D eigenvalue weighted by Gasteiger charge is -2.11. The quantitative estimate of drug-likeness (QED) is 0.704. The van der Waals surface area contributed by atoms with E-state index in [1.807, 2.05) is 26.0 Å². The van der Waals surface area contributed by atoms with Crippen molar-refractivity contribution in [3.05, 3.63) is 65.2 Å². The van der Waals surface area contributed by atoms with Crippen molar-refractivity contribution in [1.82, 2.24) is 4.72 Å². The third-order valence-corrected chi connectivity index (χ3v) is 6.26. The fourth-order valence-corrected chi connectivity index (χ4v) is 4.41. The van der Waals surface area contributed by atoms with Crippen LogP contribution in [-0.4, -0.2) is 26.7 Å². The van der Waals surface area contributed by atoms with Crippen LogP contribution < -0.4 is 10.0 Å². The van der Waals surface area contributed by atoms with Gasteiger partial charge in [-0.2, -0.15) is 0 Å². The third kappa shape index (κ3) is 6.03. The number of carbonyl (C=O) groups is 1. The van der Waals surface area contributed by atoms with E-state index in [-0.39, 0.29) is 10.8 Å². The van der Waals surface area contributed by atoms with Gasteiger partial charge in [0.05, 0.1) is 4.90 Å². The van der Waals surface area contributed by atoms with Gasteiger partial charge in [0.15, 0.2) is 0 Å². The Balaban J connectivity index is 1.69. The number of anilines is 1. The first-order valence-electron chi connectivity index (χ1n) is 10.1. The molecule has 158 valence electrons. The molecule has 0 aromatic heterocycles. The van der Waals surface area contributed by atoms with Gasteiger partial charge in [0, 0.05) is 24.7 Å². The fourth-order valence-electron chi connectivity index (χ4n) is 3.27. The summed E-state index contributed by atoms with van der Waals surface area (Å²) in [5.41, 5.74) is 3.62. The van der Waals surface area contributed by atoms with E-state index in [0.29, 0.717) is 24.5 Å². The van der Waals surface area contributed by atoms with Crippen LogP contribution in [0, 0.1) is 13.8 Å². The number of benzene rings is 2. The Morgan fingerprint density at radius 2 is 1.90 bits per heavy atom. The van der Waals surface area contributed by atoms with Gasteiger partial charge in [-0.15, -0.1) is 0 Å². The summed E-state index contributed by atoms with van der Waals surface area (Å²) in [7, 11) is -3.75. The van der Waals surface area contributed by atoms with Gasteiger partial charge in [0.2, 0.25) is 5.91 Å². The smallest absolute Gasteiger partial charge is 0.262 e. The van der Waals surface area contributed by atoms with Gasteiger partial charge in [-0.1, -0.05) is 36.2 Å². The summed E-state index contributed by atoms with van der Waals surface area (Å²) in [5.74, 6) is 0.170. The number of nitrogens with zero attached hydrogens (tertiary/aromatic N) is 1. The zero-order valence-corrected chi connectivity index (χ0v) is 18.1. The molecule has 1 amide bonds. The van der Waals surface area contributed by atoms with Crippen LogP contribution in [0.1, 0.15) is 42.4 Å². The Morgan fingerprint density at radius 1 is 1.07 bits per heavy atom. The minimum Gasteiger partial charge on any atom is -0.322 e. The van der Waals surface area contributed by atoms with Crippen molar-refractivity contribution in [3.8, 4) is 0 Å². The van der Waals surface area contributed by atoms with Crippen LogP contribution in [0.5, 0.6) is 0 Å². The van der Waals surface area contributed by atoms with Crippen LogP contribution >= 0.6 is 0 Å². The molecule has 0 unspecified atom stereocenters. The molecule has 0 saturated heterocycles. The van der Waals surface area contributed by atoms with Gasteiger partial charge in [-0.3, -0.25) is 14.5 Å². The number of rotatable bonds is 5. The minimum absolute atomic E-state index is 0.0885. The van der Waals surface area contributed by atoms with Crippen LogP contribution in [0.25, 0.3) is 6.08 Å². The largest absolute Gasteiger partial charge is 0.322 e. The Labute approximate surface area is 178 Å². The molecule has 0 bridgehead atoms. The van der Waals surface area contributed by atoms with E-state index in [0.717, 1.165) is 36.0 Å². The second kappa shape index (κ2) is 9.71. The second-order valence-corrected chi connectivity index (χ2v) is 9.14. The van der Waals surface area contributed by atoms with Crippen LogP contribution in [0.4, 0.5) is 5.69 Å². The van der Waals surface area contributed by atoms with E-state index in [1.54, 1.807) is 18.2 Å². The van der Waals surface area contributed by atoms with Gasteiger partial charge in [0.25, 0.3) is 10.0 Å². The Kier molecular flexibility index (Phi) is 7.05. The molecule has 3 rings (SSSR count). The molecule has 1 heterocycles. The number of aryl methyl sites for hydroxylation is 2. The number of amidine groups is 1. The summed E-state index contributed by atoms with van der Waals surface area (Å²) in [6.07, 6.45) is 6.76. The zero-order valence-electron chi connectivity index (χ0n) is 17.3. The highest BCUT2D eigenvalue weighted by atomic mass is 32.2. The fraction of sp³-hybridized carbons (Fsp3) is 0.304. The second-order valence-electron chi connectivity index (χ2n) is 7.46. The Morgan fingerprint density at radius 3 is 2.70 bits per heavy atom. The van der Waals surface area contributed by atoms with Crippen molar-refractivity contribution in [2.24, 2.45) is 4.99 Å². The SMILES string of the molecule is Cc1ccc(/C=C/C(=O)Nc2cccc(S(=O)(=O)NC3=NCCCCC3)c2)c(C)c1. The highest BCUT2D eigenvalue weighted by Crippen LogP contribution is 2.17. The number of amides is 1. The molecule has 0 atom stereocenters. The summed E-state index contributed by atoms with van der Waals surface area (Å²) in [4.78, 5) is 16.7. The molecule has 1 aliphatic rings. The van der Waals surface area contributed by atoms with Crippen molar-refractivity contribution in [1.29, 1.82) is 0 Å². The van der Waals surface area contributed by atoms with Gasteiger partial charge in [0.1, 0.15) is 5.84 Å². The summed E-state index contributed by atoms with van der Waals surface area (Å²) >= 11 is 0. The third-order valence-electron chi connectivity index (χ3n) is 4.88. The van der Waals surface area contributed by atoms with Crippen LogP contribution in [0.3, 0.4) is 0 Å². The molecule has 0 aliphatic carbocycles. The van der Waals surface area contributed by atoms with E-state index >= 15 is 0 Å². The number of sulfonamides is 1. The highest BCUT2D eigenvalue weighted by molar-refractivity contribution is 7.90. The predicted molar refractivity (Wildman–Crippen MR) is 121 cm³/mol. The average molecular weight is 426 g/mol. The molecular weight excluding hydrogens is 398 g/mol. The molecule has 30 heavy (non-hydrogen) atoms. The molecule has 2 N–H and O–H groups in total. The first-order chi connectivity index (χ1) is 14.3. The Hall–Kier alpha value is -2.93. The van der Waals surface area contributed by atoms with Crippen LogP contribution in [-0.2, 0) is 14.8 Å². The molecule has 0 radical (unpaired) electrons. The van der Waals surface area contributed by atoms with Crippen molar-refractivity contribution >= 4 is 33.5 Å². The number of aliphatic imine (C=N–C) groups is 1. The van der Waals surface area contributed by atoms with Crippen LogP contribution in [0.2, 0.25) is 0 Å². The maximum absolute atomic E-state index is 12.7. The molecule has 6 nitrogen and oxygen atoms in total. The summed E-state index contributed by atoms with van der Waals surface area (Å²) in [6.45, 7) is 4.65. The van der Waals surface area contributed by atoms with Gasteiger partial charge in [-0.05, 0) is 62.1 Å². The number of hydrogen-bond acceptors (Lipinski definition) is 4. The lowest BCUT2D eigenvalue weighted by Crippen LogP contribution is -2.30. The summed E-state index contributed by atoms with van der Waals surface area (Å²) in [6, 6.07) is 12.2. The first-order valence-corrected chi connectivity index (χ1v) is 11.5. The van der Waals surface area contributed by atoms with Crippen molar-refractivity contribution in [3.63, 3.8) is 0 Å². The maximum atomic E-state index is 12.7. The first kappa shape index (κ1) is 21.8. The monoisotopic (exact) mass is 425 g/mol. The molecule has 0 fully saturated rings. The molecule has 0 saturated carbocycles.